The number of aryl methyl sites for hydroxylation is 1. The third-order valence-electron chi connectivity index (χ3n) is 3.26. The van der Waals surface area contributed by atoms with Gasteiger partial charge in [0.15, 0.2) is 0 Å². The Balaban J connectivity index is 1.93. The molecule has 1 aliphatic rings. The van der Waals surface area contributed by atoms with Crippen molar-refractivity contribution in [3.63, 3.8) is 0 Å². The van der Waals surface area contributed by atoms with Crippen LogP contribution in [-0.4, -0.2) is 54.3 Å². The van der Waals surface area contributed by atoms with Gasteiger partial charge in [-0.15, -0.1) is 0 Å². The lowest BCUT2D eigenvalue weighted by molar-refractivity contribution is -0.140. The van der Waals surface area contributed by atoms with Crippen molar-refractivity contribution >= 4 is 32.9 Å². The molecule has 1 aromatic rings. The van der Waals surface area contributed by atoms with E-state index in [0.717, 1.165) is 17.3 Å². The van der Waals surface area contributed by atoms with Gasteiger partial charge in [0.05, 0.1) is 6.61 Å². The van der Waals surface area contributed by atoms with Gasteiger partial charge in [0.1, 0.15) is 10.6 Å². The van der Waals surface area contributed by atoms with E-state index in [0.29, 0.717) is 25.3 Å². The third kappa shape index (κ3) is 4.69. The van der Waals surface area contributed by atoms with Crippen LogP contribution in [0.4, 0.5) is 0 Å². The molecule has 1 N–H and O–H groups in total. The van der Waals surface area contributed by atoms with Crippen molar-refractivity contribution in [2.75, 3.05) is 25.4 Å². The van der Waals surface area contributed by atoms with Gasteiger partial charge in [-0.3, -0.25) is 14.1 Å². The molecular weight excluding hydrogens is 342 g/mol. The molecule has 1 heterocycles. The second-order valence-corrected chi connectivity index (χ2v) is 7.51. The maximum absolute atomic E-state index is 11.6. The molecule has 0 atom stereocenters. The van der Waals surface area contributed by atoms with Crippen LogP contribution in [0.5, 0.6) is 5.75 Å². The van der Waals surface area contributed by atoms with Crippen molar-refractivity contribution in [3.8, 4) is 5.75 Å². The molecule has 9 heteroatoms. The predicted molar refractivity (Wildman–Crippen MR) is 85.2 cm³/mol. The number of carbonyl (C=O) groups is 2. The molecule has 0 bridgehead atoms. The molecule has 0 unspecified atom stereocenters. The quantitative estimate of drug-likeness (QED) is 0.461. The van der Waals surface area contributed by atoms with Crippen LogP contribution in [0.3, 0.4) is 0 Å². The summed E-state index contributed by atoms with van der Waals surface area (Å²) in [6, 6.07) is 4.37. The number of hydrogen-bond donors (Lipinski definition) is 1. The normalized spacial score (nSPS) is 15.8. The smallest absolute Gasteiger partial charge is 0.301 e. The summed E-state index contributed by atoms with van der Waals surface area (Å²) in [5.41, 5.74) is 0.793. The fourth-order valence-electron chi connectivity index (χ4n) is 2.13. The molecule has 1 aromatic carbocycles. The molecule has 0 aliphatic carbocycles. The number of hydrogen-bond acceptors (Lipinski definition) is 6. The van der Waals surface area contributed by atoms with E-state index < -0.39 is 21.1 Å². The van der Waals surface area contributed by atoms with Gasteiger partial charge in [0, 0.05) is 18.8 Å². The lowest BCUT2D eigenvalue weighted by Crippen LogP contribution is -2.42. The topological polar surface area (TPSA) is 101 Å². The second kappa shape index (κ2) is 7.33. The van der Waals surface area contributed by atoms with E-state index in [1.165, 1.54) is 17.0 Å². The van der Waals surface area contributed by atoms with Crippen LogP contribution in [0.15, 0.2) is 23.1 Å². The zero-order valence-corrected chi connectivity index (χ0v) is 14.2. The number of carbonyl (C=O) groups excluding carboxylic acids is 2. The fraction of sp³-hybridized carbons (Fsp3) is 0.429. The standard InChI is InChI=1S/C14H17NO6S2/c1-10-3-4-12(23(18,19)20)11(9-10)21-7-2-5-15-6-8-22-14(17)13(15)16/h3-4,9H,2,5-8H2,1H3,(H,18,19,20). The van der Waals surface area contributed by atoms with Crippen LogP contribution in [0.2, 0.25) is 0 Å². The van der Waals surface area contributed by atoms with Crippen LogP contribution in [0, 0.1) is 6.92 Å². The first-order valence-corrected chi connectivity index (χ1v) is 9.38. The van der Waals surface area contributed by atoms with Crippen molar-refractivity contribution in [1.82, 2.24) is 4.90 Å². The summed E-state index contributed by atoms with van der Waals surface area (Å²) >= 11 is 1.02. The zero-order chi connectivity index (χ0) is 17.0. The molecule has 0 radical (unpaired) electrons. The number of rotatable bonds is 6. The monoisotopic (exact) mass is 359 g/mol. The van der Waals surface area contributed by atoms with Crippen molar-refractivity contribution in [2.24, 2.45) is 0 Å². The van der Waals surface area contributed by atoms with Gasteiger partial charge < -0.3 is 9.64 Å². The highest BCUT2D eigenvalue weighted by Gasteiger charge is 2.26. The Hall–Kier alpha value is -1.58. The highest BCUT2D eigenvalue weighted by Crippen LogP contribution is 2.25. The lowest BCUT2D eigenvalue weighted by atomic mass is 10.2. The van der Waals surface area contributed by atoms with E-state index in [2.05, 4.69) is 0 Å². The van der Waals surface area contributed by atoms with Crippen LogP contribution < -0.4 is 4.74 Å². The maximum atomic E-state index is 11.6. The molecular formula is C14H17NO6S2. The first kappa shape index (κ1) is 17.8. The molecule has 126 valence electrons. The van der Waals surface area contributed by atoms with Gasteiger partial charge in [-0.1, -0.05) is 17.8 Å². The summed E-state index contributed by atoms with van der Waals surface area (Å²) in [7, 11) is -4.36. The third-order valence-corrected chi connectivity index (χ3v) is 4.98. The largest absolute Gasteiger partial charge is 0.492 e. The Labute approximate surface area is 138 Å². The van der Waals surface area contributed by atoms with Crippen molar-refractivity contribution in [3.05, 3.63) is 23.8 Å². The molecule has 23 heavy (non-hydrogen) atoms. The number of thioether (sulfide) groups is 1. The van der Waals surface area contributed by atoms with E-state index in [1.54, 1.807) is 13.0 Å². The van der Waals surface area contributed by atoms with Crippen LogP contribution in [0.1, 0.15) is 12.0 Å². The van der Waals surface area contributed by atoms with Gasteiger partial charge in [0.25, 0.3) is 15.2 Å². The number of amides is 1. The van der Waals surface area contributed by atoms with E-state index in [1.807, 2.05) is 0 Å². The summed E-state index contributed by atoms with van der Waals surface area (Å²) in [6.45, 7) is 2.81. The maximum Gasteiger partial charge on any atom is 0.301 e. The molecule has 7 nitrogen and oxygen atoms in total. The summed E-state index contributed by atoms with van der Waals surface area (Å²) < 4.78 is 37.2. The number of ether oxygens (including phenoxy) is 1. The van der Waals surface area contributed by atoms with Gasteiger partial charge >= 0.3 is 5.91 Å². The summed E-state index contributed by atoms with van der Waals surface area (Å²) in [5.74, 6) is 0.149. The van der Waals surface area contributed by atoms with E-state index in [-0.39, 0.29) is 17.3 Å². The Bertz CT molecular complexity index is 716. The molecule has 0 saturated carbocycles. The molecule has 0 aromatic heterocycles. The van der Waals surface area contributed by atoms with Crippen molar-refractivity contribution in [1.29, 1.82) is 0 Å². The Morgan fingerprint density at radius 3 is 2.78 bits per heavy atom. The van der Waals surface area contributed by atoms with Gasteiger partial charge in [-0.2, -0.15) is 8.42 Å². The average Bonchev–Trinajstić information content (AvgIpc) is 2.46. The minimum absolute atomic E-state index is 0.0732. The molecule has 1 saturated heterocycles. The SMILES string of the molecule is Cc1ccc(S(=O)(=O)O)c(OCCCN2CCSC(=O)C2=O)c1. The van der Waals surface area contributed by atoms with Gasteiger partial charge in [0.2, 0.25) is 0 Å². The predicted octanol–water partition coefficient (Wildman–Crippen LogP) is 1.11. The average molecular weight is 359 g/mol. The lowest BCUT2D eigenvalue weighted by Gasteiger charge is -2.25. The molecule has 1 aliphatic heterocycles. The highest BCUT2D eigenvalue weighted by molar-refractivity contribution is 8.15. The Morgan fingerprint density at radius 1 is 1.35 bits per heavy atom. The summed E-state index contributed by atoms with van der Waals surface area (Å²) in [6.07, 6.45) is 0.447. The molecule has 2 rings (SSSR count). The minimum Gasteiger partial charge on any atom is -0.492 e. The zero-order valence-electron chi connectivity index (χ0n) is 12.5. The molecule has 1 fully saturated rings. The first-order chi connectivity index (χ1) is 10.8. The van der Waals surface area contributed by atoms with E-state index >= 15 is 0 Å². The molecule has 0 spiro atoms. The summed E-state index contributed by atoms with van der Waals surface area (Å²) in [5, 5.41) is -0.454. The number of nitrogens with zero attached hydrogens (tertiary/aromatic N) is 1. The minimum atomic E-state index is -4.36. The number of benzene rings is 1. The molecule has 1 amide bonds. The first-order valence-electron chi connectivity index (χ1n) is 6.96. The van der Waals surface area contributed by atoms with E-state index in [4.69, 9.17) is 4.74 Å². The van der Waals surface area contributed by atoms with E-state index in [9.17, 15) is 22.6 Å². The second-order valence-electron chi connectivity index (χ2n) is 5.06. The van der Waals surface area contributed by atoms with Gasteiger partial charge in [-0.05, 0) is 31.0 Å². The Morgan fingerprint density at radius 2 is 2.09 bits per heavy atom. The van der Waals surface area contributed by atoms with Crippen LogP contribution in [0.25, 0.3) is 0 Å². The van der Waals surface area contributed by atoms with Crippen molar-refractivity contribution in [2.45, 2.75) is 18.2 Å². The Kier molecular flexibility index (Phi) is 5.66. The van der Waals surface area contributed by atoms with Crippen molar-refractivity contribution < 1.29 is 27.3 Å². The van der Waals surface area contributed by atoms with Crippen LogP contribution in [-0.2, 0) is 19.7 Å². The fourth-order valence-corrected chi connectivity index (χ4v) is 3.49. The van der Waals surface area contributed by atoms with Crippen LogP contribution >= 0.6 is 11.8 Å². The highest BCUT2D eigenvalue weighted by atomic mass is 32.2. The summed E-state index contributed by atoms with van der Waals surface area (Å²) in [4.78, 5) is 24.1. The van der Waals surface area contributed by atoms with Gasteiger partial charge in [-0.25, -0.2) is 0 Å².